The molecule has 0 radical (unpaired) electrons. The van der Waals surface area contributed by atoms with Gasteiger partial charge in [0.25, 0.3) is 0 Å². The van der Waals surface area contributed by atoms with Crippen LogP contribution in [-0.4, -0.2) is 64.2 Å². The highest BCUT2D eigenvalue weighted by molar-refractivity contribution is 7.91. The van der Waals surface area contributed by atoms with E-state index in [1.165, 1.54) is 0 Å². The van der Waals surface area contributed by atoms with Crippen LogP contribution in [0.5, 0.6) is 5.88 Å². The summed E-state index contributed by atoms with van der Waals surface area (Å²) in [6, 6.07) is 5.27. The van der Waals surface area contributed by atoms with E-state index in [0.29, 0.717) is 74.3 Å². The summed E-state index contributed by atoms with van der Waals surface area (Å²) < 4.78 is 36.0. The Morgan fingerprint density at radius 2 is 1.86 bits per heavy atom. The quantitative estimate of drug-likeness (QED) is 0.390. The summed E-state index contributed by atoms with van der Waals surface area (Å²) in [5, 5.41) is -0.272. The lowest BCUT2D eigenvalue weighted by Gasteiger charge is -2.34. The Morgan fingerprint density at radius 3 is 2.57 bits per heavy atom. The van der Waals surface area contributed by atoms with Crippen LogP contribution in [-0.2, 0) is 37.0 Å². The number of rotatable bonds is 10. The number of pyridine rings is 1. The number of aromatic nitrogens is 5. The van der Waals surface area contributed by atoms with E-state index in [2.05, 4.69) is 24.9 Å². The molecule has 1 saturated heterocycles. The lowest BCUT2D eigenvalue weighted by Crippen LogP contribution is -2.44. The molecule has 37 heavy (non-hydrogen) atoms. The minimum absolute atomic E-state index is 0.0589. The zero-order valence-corrected chi connectivity index (χ0v) is 21.5. The number of ketones is 1. The Labute approximate surface area is 215 Å². The van der Waals surface area contributed by atoms with Gasteiger partial charge in [-0.25, -0.2) is 23.4 Å². The molecule has 3 aromatic rings. The second-order valence-corrected chi connectivity index (χ2v) is 11.7. The molecule has 5 rings (SSSR count). The summed E-state index contributed by atoms with van der Waals surface area (Å²) in [7, 11) is -3.24. The van der Waals surface area contributed by atoms with Crippen LogP contribution in [0, 0.1) is 0 Å². The van der Waals surface area contributed by atoms with Gasteiger partial charge in [0.15, 0.2) is 15.6 Å². The molecule has 4 heterocycles. The third kappa shape index (κ3) is 5.67. The zero-order valence-electron chi connectivity index (χ0n) is 20.7. The number of hydrogen-bond acceptors (Lipinski definition) is 10. The number of carbonyl (C=O) groups excluding carboxylic acids is 1. The third-order valence-corrected chi connectivity index (χ3v) is 8.95. The van der Waals surface area contributed by atoms with Crippen LogP contribution in [0.3, 0.4) is 0 Å². The van der Waals surface area contributed by atoms with Crippen molar-refractivity contribution in [2.75, 3.05) is 19.8 Å². The summed E-state index contributed by atoms with van der Waals surface area (Å²) in [5.74, 6) is 0.609. The first kappa shape index (κ1) is 25.3. The van der Waals surface area contributed by atoms with Gasteiger partial charge in [0, 0.05) is 43.3 Å². The Balaban J connectivity index is 1.36. The molecule has 0 bridgehead atoms. The molecule has 194 valence electrons. The van der Waals surface area contributed by atoms with Gasteiger partial charge in [-0.2, -0.15) is 0 Å². The maximum absolute atomic E-state index is 13.7. The van der Waals surface area contributed by atoms with Crippen molar-refractivity contribution in [3.05, 3.63) is 60.2 Å². The maximum atomic E-state index is 13.7. The maximum Gasteiger partial charge on any atom is 0.232 e. The molecule has 3 aromatic heterocycles. The normalized spacial score (nSPS) is 17.3. The third-order valence-electron chi connectivity index (χ3n) is 6.77. The van der Waals surface area contributed by atoms with E-state index in [1.807, 2.05) is 13.0 Å². The number of ether oxygens (including phenoxy) is 2. The van der Waals surface area contributed by atoms with Crippen molar-refractivity contribution in [3.63, 3.8) is 0 Å². The van der Waals surface area contributed by atoms with Crippen LogP contribution >= 0.6 is 0 Å². The molecule has 1 aliphatic carbocycles. The van der Waals surface area contributed by atoms with Crippen molar-refractivity contribution in [3.8, 4) is 17.1 Å². The van der Waals surface area contributed by atoms with Gasteiger partial charge < -0.3 is 9.47 Å². The molecule has 0 aromatic carbocycles. The van der Waals surface area contributed by atoms with Crippen LogP contribution in [0.15, 0.2) is 43.0 Å². The minimum atomic E-state index is -3.24. The number of carbonyl (C=O) groups is 1. The summed E-state index contributed by atoms with van der Waals surface area (Å²) in [6.07, 6.45) is 8.78. The largest absolute Gasteiger partial charge is 0.477 e. The highest BCUT2D eigenvalue weighted by Gasteiger charge is 2.44. The van der Waals surface area contributed by atoms with Crippen LogP contribution in [0.1, 0.15) is 49.8 Å². The van der Waals surface area contributed by atoms with Crippen molar-refractivity contribution in [2.24, 2.45) is 0 Å². The van der Waals surface area contributed by atoms with Gasteiger partial charge in [0.1, 0.15) is 5.82 Å². The molecular formula is C26H29N5O5S. The van der Waals surface area contributed by atoms with E-state index in [1.54, 1.807) is 36.9 Å². The predicted molar refractivity (Wildman–Crippen MR) is 135 cm³/mol. The number of sulfone groups is 1. The van der Waals surface area contributed by atoms with Crippen LogP contribution < -0.4 is 4.74 Å². The van der Waals surface area contributed by atoms with Crippen LogP contribution in [0.4, 0.5) is 0 Å². The van der Waals surface area contributed by atoms with Gasteiger partial charge in [0.2, 0.25) is 5.88 Å². The van der Waals surface area contributed by atoms with Crippen molar-refractivity contribution in [2.45, 2.75) is 55.4 Å². The minimum Gasteiger partial charge on any atom is -0.477 e. The smallest absolute Gasteiger partial charge is 0.232 e. The Bertz CT molecular complexity index is 1370. The lowest BCUT2D eigenvalue weighted by atomic mass is 9.74. The van der Waals surface area contributed by atoms with Crippen LogP contribution in [0.2, 0.25) is 0 Å². The Morgan fingerprint density at radius 1 is 1.05 bits per heavy atom. The van der Waals surface area contributed by atoms with E-state index in [9.17, 15) is 13.2 Å². The van der Waals surface area contributed by atoms with Gasteiger partial charge in [0.05, 0.1) is 46.8 Å². The van der Waals surface area contributed by atoms with E-state index < -0.39 is 15.3 Å². The summed E-state index contributed by atoms with van der Waals surface area (Å²) in [5.41, 5.74) is 1.48. The second kappa shape index (κ2) is 10.6. The molecule has 2 aliphatic rings. The highest BCUT2D eigenvalue weighted by atomic mass is 32.2. The van der Waals surface area contributed by atoms with E-state index in [0.717, 1.165) is 5.56 Å². The number of nitrogens with zero attached hydrogens (tertiary/aromatic N) is 5. The average Bonchev–Trinajstić information content (AvgIpc) is 3.77. The van der Waals surface area contributed by atoms with Gasteiger partial charge >= 0.3 is 0 Å². The average molecular weight is 524 g/mol. The van der Waals surface area contributed by atoms with E-state index >= 15 is 0 Å². The molecule has 11 heteroatoms. The topological polar surface area (TPSA) is 134 Å². The summed E-state index contributed by atoms with van der Waals surface area (Å²) in [4.78, 5) is 35.9. The lowest BCUT2D eigenvalue weighted by molar-refractivity contribution is -0.128. The van der Waals surface area contributed by atoms with Crippen molar-refractivity contribution < 1.29 is 22.7 Å². The predicted octanol–water partition coefficient (Wildman–Crippen LogP) is 2.66. The number of hydrogen-bond donors (Lipinski definition) is 0. The fourth-order valence-corrected chi connectivity index (χ4v) is 6.19. The van der Waals surface area contributed by atoms with Crippen molar-refractivity contribution in [1.29, 1.82) is 0 Å². The summed E-state index contributed by atoms with van der Waals surface area (Å²) >= 11 is 0. The van der Waals surface area contributed by atoms with Gasteiger partial charge in [-0.05, 0) is 50.8 Å². The van der Waals surface area contributed by atoms with E-state index in [-0.39, 0.29) is 23.2 Å². The second-order valence-electron chi connectivity index (χ2n) is 9.39. The molecule has 1 aliphatic heterocycles. The first-order valence-electron chi connectivity index (χ1n) is 12.4. The molecule has 0 amide bonds. The molecule has 0 spiro atoms. The molecule has 0 N–H and O–H groups in total. The molecular weight excluding hydrogens is 494 g/mol. The van der Waals surface area contributed by atoms with Gasteiger partial charge in [-0.3, -0.25) is 14.8 Å². The Kier molecular flexibility index (Phi) is 7.25. The molecule has 0 atom stereocenters. The zero-order chi connectivity index (χ0) is 25.9. The molecule has 10 nitrogen and oxygen atoms in total. The SMILES string of the molecule is CCOc1cncc(-c2ccc(CC(=O)C3(c4nccc(CS(=O)(=O)C5CC5)n4)CCOCC3)nc2)n1. The fourth-order valence-electron chi connectivity index (χ4n) is 4.52. The fraction of sp³-hybridized carbons (Fsp3) is 0.462. The van der Waals surface area contributed by atoms with Gasteiger partial charge in [-0.1, -0.05) is 0 Å². The first-order chi connectivity index (χ1) is 17.9. The molecule has 2 fully saturated rings. The first-order valence-corrected chi connectivity index (χ1v) is 14.2. The summed E-state index contributed by atoms with van der Waals surface area (Å²) in [6.45, 7) is 3.18. The monoisotopic (exact) mass is 523 g/mol. The van der Waals surface area contributed by atoms with Gasteiger partial charge in [-0.15, -0.1) is 0 Å². The Hall–Kier alpha value is -3.31. The molecule has 1 saturated carbocycles. The van der Waals surface area contributed by atoms with Crippen LogP contribution in [0.25, 0.3) is 11.3 Å². The van der Waals surface area contributed by atoms with Crippen molar-refractivity contribution in [1.82, 2.24) is 24.9 Å². The van der Waals surface area contributed by atoms with Crippen molar-refractivity contribution >= 4 is 15.6 Å². The number of Topliss-reactive ketones (excluding diaryl/α,β-unsaturated/α-hetero) is 1. The molecule has 0 unspecified atom stereocenters. The van der Waals surface area contributed by atoms with E-state index in [4.69, 9.17) is 9.47 Å². The highest BCUT2D eigenvalue weighted by Crippen LogP contribution is 2.36. The standard InChI is InChI=1S/C26H29N5O5S/c1-2-36-24-16-27-15-22(31-24)18-3-4-19(29-14-18)13-23(32)26(8-11-35-12-9-26)25-28-10-7-20(30-25)17-37(33,34)21-5-6-21/h3-4,7,10,14-16,21H,2,5-6,8-9,11-13,17H2,1H3.